The zero-order chi connectivity index (χ0) is 19.6. The number of nitrogens with one attached hydrogen (secondary N) is 2. The largest absolute Gasteiger partial charge is 0.416 e. The standard InChI is InChI=1S/C18H16BrF3N4O/c19-13-8-10(17(27)24-7-1-6-23)2-4-12(13)16-25-14-5-3-11(18(20,21)22)9-15(14)26-16/h2-5,8-9H,1,6-7,23H2,(H,24,27)(H,25,26). The molecule has 0 saturated carbocycles. The van der Waals surface area contributed by atoms with Crippen LogP contribution in [0.3, 0.4) is 0 Å². The molecule has 3 aromatic rings. The molecule has 0 aliphatic carbocycles. The third kappa shape index (κ3) is 4.30. The third-order valence-corrected chi connectivity index (χ3v) is 4.62. The van der Waals surface area contributed by atoms with E-state index < -0.39 is 11.7 Å². The van der Waals surface area contributed by atoms with Crippen molar-refractivity contribution in [3.63, 3.8) is 0 Å². The van der Waals surface area contributed by atoms with E-state index in [2.05, 4.69) is 31.2 Å². The maximum absolute atomic E-state index is 12.9. The molecule has 0 aliphatic rings. The Labute approximate surface area is 161 Å². The molecule has 0 atom stereocenters. The fraction of sp³-hybridized carbons (Fsp3) is 0.222. The number of hydrogen-bond donors (Lipinski definition) is 3. The number of nitrogens with two attached hydrogens (primary N) is 1. The number of fused-ring (bicyclic) bond motifs is 1. The van der Waals surface area contributed by atoms with E-state index in [0.717, 1.165) is 12.1 Å². The molecular formula is C18H16BrF3N4O. The van der Waals surface area contributed by atoms with Crippen molar-refractivity contribution in [2.45, 2.75) is 12.6 Å². The second-order valence-corrected chi connectivity index (χ2v) is 6.76. The lowest BCUT2D eigenvalue weighted by molar-refractivity contribution is -0.137. The van der Waals surface area contributed by atoms with E-state index in [1.54, 1.807) is 18.2 Å². The predicted molar refractivity (Wildman–Crippen MR) is 100 cm³/mol. The van der Waals surface area contributed by atoms with Gasteiger partial charge in [-0.1, -0.05) is 15.9 Å². The second kappa shape index (κ2) is 7.69. The maximum atomic E-state index is 12.9. The molecule has 0 unspecified atom stereocenters. The molecule has 0 bridgehead atoms. The molecular weight excluding hydrogens is 425 g/mol. The lowest BCUT2D eigenvalue weighted by Crippen LogP contribution is -2.25. The molecule has 1 amide bonds. The number of hydrogen-bond acceptors (Lipinski definition) is 3. The molecule has 1 heterocycles. The van der Waals surface area contributed by atoms with Gasteiger partial charge in [0.05, 0.1) is 16.6 Å². The van der Waals surface area contributed by atoms with E-state index in [-0.39, 0.29) is 11.4 Å². The smallest absolute Gasteiger partial charge is 0.352 e. The van der Waals surface area contributed by atoms with E-state index in [9.17, 15) is 18.0 Å². The highest BCUT2D eigenvalue weighted by atomic mass is 79.9. The van der Waals surface area contributed by atoms with E-state index in [0.29, 0.717) is 46.5 Å². The van der Waals surface area contributed by atoms with Crippen LogP contribution < -0.4 is 11.1 Å². The van der Waals surface area contributed by atoms with Crippen LogP contribution in [0.5, 0.6) is 0 Å². The van der Waals surface area contributed by atoms with Gasteiger partial charge in [0, 0.05) is 22.1 Å². The summed E-state index contributed by atoms with van der Waals surface area (Å²) >= 11 is 3.40. The van der Waals surface area contributed by atoms with E-state index >= 15 is 0 Å². The van der Waals surface area contributed by atoms with Crippen molar-refractivity contribution < 1.29 is 18.0 Å². The number of aromatic amines is 1. The molecule has 0 radical (unpaired) electrons. The van der Waals surface area contributed by atoms with Gasteiger partial charge in [-0.2, -0.15) is 13.2 Å². The summed E-state index contributed by atoms with van der Waals surface area (Å²) in [7, 11) is 0. The lowest BCUT2D eigenvalue weighted by atomic mass is 10.1. The Morgan fingerprint density at radius 3 is 2.67 bits per heavy atom. The van der Waals surface area contributed by atoms with Crippen molar-refractivity contribution in [1.82, 2.24) is 15.3 Å². The van der Waals surface area contributed by atoms with Crippen LogP contribution in [-0.2, 0) is 6.18 Å². The molecule has 0 saturated heterocycles. The zero-order valence-electron chi connectivity index (χ0n) is 14.0. The Morgan fingerprint density at radius 1 is 1.22 bits per heavy atom. The summed E-state index contributed by atoms with van der Waals surface area (Å²) in [6.45, 7) is 0.977. The van der Waals surface area contributed by atoms with Crippen LogP contribution in [-0.4, -0.2) is 29.0 Å². The van der Waals surface area contributed by atoms with Crippen LogP contribution in [0, 0.1) is 0 Å². The number of amides is 1. The molecule has 27 heavy (non-hydrogen) atoms. The highest BCUT2D eigenvalue weighted by Crippen LogP contribution is 2.33. The number of alkyl halides is 3. The molecule has 0 spiro atoms. The zero-order valence-corrected chi connectivity index (χ0v) is 15.6. The minimum atomic E-state index is -4.42. The van der Waals surface area contributed by atoms with Gasteiger partial charge >= 0.3 is 6.18 Å². The van der Waals surface area contributed by atoms with Gasteiger partial charge in [0.1, 0.15) is 5.82 Å². The highest BCUT2D eigenvalue weighted by Gasteiger charge is 2.30. The first kappa shape index (κ1) is 19.4. The number of imidazole rings is 1. The Bertz CT molecular complexity index is 984. The summed E-state index contributed by atoms with van der Waals surface area (Å²) in [5.74, 6) is 0.182. The van der Waals surface area contributed by atoms with Crippen LogP contribution in [0.2, 0.25) is 0 Å². The quantitative estimate of drug-likeness (QED) is 0.522. The highest BCUT2D eigenvalue weighted by molar-refractivity contribution is 9.10. The Hall–Kier alpha value is -2.39. The van der Waals surface area contributed by atoms with E-state index in [1.807, 2.05) is 0 Å². The summed E-state index contributed by atoms with van der Waals surface area (Å²) in [5, 5.41) is 2.76. The summed E-state index contributed by atoms with van der Waals surface area (Å²) in [4.78, 5) is 19.3. The third-order valence-electron chi connectivity index (χ3n) is 3.96. The number of nitrogens with zero attached hydrogens (tertiary/aromatic N) is 1. The van der Waals surface area contributed by atoms with Crippen molar-refractivity contribution >= 4 is 32.9 Å². The minimum Gasteiger partial charge on any atom is -0.352 e. The summed E-state index contributed by atoms with van der Waals surface area (Å²) in [5.41, 5.74) is 6.46. The van der Waals surface area contributed by atoms with Crippen LogP contribution in [0.25, 0.3) is 22.4 Å². The van der Waals surface area contributed by atoms with Gasteiger partial charge in [0.2, 0.25) is 0 Å². The summed E-state index contributed by atoms with van der Waals surface area (Å²) in [6, 6.07) is 8.30. The number of aromatic nitrogens is 2. The summed E-state index contributed by atoms with van der Waals surface area (Å²) < 4.78 is 39.2. The number of halogens is 4. The first-order valence-corrected chi connectivity index (χ1v) is 8.94. The van der Waals surface area contributed by atoms with Crippen LogP contribution >= 0.6 is 15.9 Å². The van der Waals surface area contributed by atoms with Gasteiger partial charge in [-0.25, -0.2) is 4.98 Å². The van der Waals surface area contributed by atoms with Gasteiger partial charge in [-0.3, -0.25) is 4.79 Å². The van der Waals surface area contributed by atoms with Crippen molar-refractivity contribution in [1.29, 1.82) is 0 Å². The SMILES string of the molecule is NCCCNC(=O)c1ccc(-c2nc3ccc(C(F)(F)F)cc3[nH]2)c(Br)c1. The topological polar surface area (TPSA) is 83.8 Å². The molecule has 5 nitrogen and oxygen atoms in total. The molecule has 1 aromatic heterocycles. The van der Waals surface area contributed by atoms with Gasteiger partial charge in [0.15, 0.2) is 0 Å². The van der Waals surface area contributed by atoms with E-state index in [4.69, 9.17) is 5.73 Å². The van der Waals surface area contributed by atoms with Gasteiger partial charge in [0.25, 0.3) is 5.91 Å². The molecule has 0 fully saturated rings. The molecule has 9 heteroatoms. The minimum absolute atomic E-state index is 0.227. The Kier molecular flexibility index (Phi) is 5.52. The van der Waals surface area contributed by atoms with Crippen molar-refractivity contribution in [3.8, 4) is 11.4 Å². The monoisotopic (exact) mass is 440 g/mol. The predicted octanol–water partition coefficient (Wildman–Crippen LogP) is 4.09. The fourth-order valence-corrected chi connectivity index (χ4v) is 3.13. The normalized spacial score (nSPS) is 11.7. The van der Waals surface area contributed by atoms with E-state index in [1.165, 1.54) is 6.07 Å². The number of rotatable bonds is 5. The first-order valence-electron chi connectivity index (χ1n) is 8.15. The second-order valence-electron chi connectivity index (χ2n) is 5.91. The van der Waals surface area contributed by atoms with Crippen molar-refractivity contribution in [2.75, 3.05) is 13.1 Å². The van der Waals surface area contributed by atoms with Crippen molar-refractivity contribution in [3.05, 3.63) is 52.0 Å². The van der Waals surface area contributed by atoms with Crippen LogP contribution in [0.4, 0.5) is 13.2 Å². The average Bonchev–Trinajstić information content (AvgIpc) is 3.03. The Balaban J connectivity index is 1.89. The molecule has 2 aromatic carbocycles. The Morgan fingerprint density at radius 2 is 2.00 bits per heavy atom. The van der Waals surface area contributed by atoms with Crippen molar-refractivity contribution in [2.24, 2.45) is 5.73 Å². The number of benzene rings is 2. The van der Waals surface area contributed by atoms with Gasteiger partial charge in [-0.05, 0) is 49.4 Å². The number of H-pyrrole nitrogens is 1. The lowest BCUT2D eigenvalue weighted by Gasteiger charge is -2.07. The van der Waals surface area contributed by atoms with Crippen LogP contribution in [0.15, 0.2) is 40.9 Å². The molecule has 4 N–H and O–H groups in total. The first-order chi connectivity index (χ1) is 12.8. The van der Waals surface area contributed by atoms with Crippen LogP contribution in [0.1, 0.15) is 22.3 Å². The maximum Gasteiger partial charge on any atom is 0.416 e. The molecule has 142 valence electrons. The molecule has 0 aliphatic heterocycles. The van der Waals surface area contributed by atoms with Gasteiger partial charge in [-0.15, -0.1) is 0 Å². The molecule has 3 rings (SSSR count). The van der Waals surface area contributed by atoms with Gasteiger partial charge < -0.3 is 16.0 Å². The summed E-state index contributed by atoms with van der Waals surface area (Å²) in [6.07, 6.45) is -3.73. The fourth-order valence-electron chi connectivity index (χ4n) is 2.57. The number of carbonyl (C=O) groups excluding carboxylic acids is 1. The average molecular weight is 441 g/mol. The number of carbonyl (C=O) groups is 1.